The van der Waals surface area contributed by atoms with Gasteiger partial charge in [0.1, 0.15) is 0 Å². The van der Waals surface area contributed by atoms with E-state index in [0.717, 1.165) is 0 Å². The van der Waals surface area contributed by atoms with Crippen molar-refractivity contribution in [3.63, 3.8) is 0 Å². The van der Waals surface area contributed by atoms with E-state index in [1.165, 1.54) is 0 Å². The number of carbonyl (C=O) groups excluding carboxylic acids is 1. The summed E-state index contributed by atoms with van der Waals surface area (Å²) in [4.78, 5) is 21.4. The normalized spacial score (nSPS) is 17.9. The van der Waals surface area contributed by atoms with Gasteiger partial charge in [-0.2, -0.15) is 0 Å². The molecular weight excluding hydrogens is 246 g/mol. The maximum Gasteiger partial charge on any atom is 0.314 e. The van der Waals surface area contributed by atoms with Crippen LogP contribution in [0, 0.1) is 5.92 Å². The SMILES string of the molecule is O=C(O)CCCNC(=O)NCCC1CC(F)(F)C1. The summed E-state index contributed by atoms with van der Waals surface area (Å²) in [5.41, 5.74) is 0. The quantitative estimate of drug-likeness (QED) is 0.611. The fourth-order valence-electron chi connectivity index (χ4n) is 1.88. The highest BCUT2D eigenvalue weighted by atomic mass is 19.3. The van der Waals surface area contributed by atoms with Crippen LogP contribution in [0.25, 0.3) is 0 Å². The van der Waals surface area contributed by atoms with Crippen LogP contribution in [-0.4, -0.2) is 36.1 Å². The van der Waals surface area contributed by atoms with Crippen molar-refractivity contribution in [1.82, 2.24) is 10.6 Å². The van der Waals surface area contributed by atoms with Gasteiger partial charge in [-0.05, 0) is 18.8 Å². The molecule has 1 aliphatic carbocycles. The molecule has 0 unspecified atom stereocenters. The highest BCUT2D eigenvalue weighted by molar-refractivity contribution is 5.73. The van der Waals surface area contributed by atoms with E-state index in [2.05, 4.69) is 10.6 Å². The molecule has 0 saturated heterocycles. The third kappa shape index (κ3) is 5.79. The summed E-state index contributed by atoms with van der Waals surface area (Å²) in [7, 11) is 0. The largest absolute Gasteiger partial charge is 0.481 e. The first-order valence-electron chi connectivity index (χ1n) is 6.00. The molecule has 104 valence electrons. The van der Waals surface area contributed by atoms with E-state index in [1.807, 2.05) is 0 Å². The molecule has 1 fully saturated rings. The Morgan fingerprint density at radius 3 is 2.39 bits per heavy atom. The van der Waals surface area contributed by atoms with E-state index in [9.17, 15) is 18.4 Å². The molecule has 1 saturated carbocycles. The van der Waals surface area contributed by atoms with Crippen LogP contribution >= 0.6 is 0 Å². The third-order valence-electron chi connectivity index (χ3n) is 2.87. The lowest BCUT2D eigenvalue weighted by Crippen LogP contribution is -2.40. The number of amides is 2. The number of nitrogens with one attached hydrogen (secondary N) is 2. The molecule has 0 aromatic carbocycles. The average molecular weight is 264 g/mol. The molecule has 0 bridgehead atoms. The van der Waals surface area contributed by atoms with Crippen LogP contribution in [0.1, 0.15) is 32.1 Å². The molecule has 1 rings (SSSR count). The van der Waals surface area contributed by atoms with Gasteiger partial charge in [0.25, 0.3) is 0 Å². The van der Waals surface area contributed by atoms with Crippen molar-refractivity contribution in [3.05, 3.63) is 0 Å². The van der Waals surface area contributed by atoms with Gasteiger partial charge < -0.3 is 15.7 Å². The summed E-state index contributed by atoms with van der Waals surface area (Å²) >= 11 is 0. The Morgan fingerprint density at radius 1 is 1.22 bits per heavy atom. The van der Waals surface area contributed by atoms with E-state index >= 15 is 0 Å². The summed E-state index contributed by atoms with van der Waals surface area (Å²) in [5.74, 6) is -3.42. The van der Waals surface area contributed by atoms with Gasteiger partial charge in [-0.3, -0.25) is 4.79 Å². The summed E-state index contributed by atoms with van der Waals surface area (Å²) in [6.45, 7) is 0.658. The maximum atomic E-state index is 12.5. The van der Waals surface area contributed by atoms with Crippen LogP contribution in [-0.2, 0) is 4.79 Å². The zero-order chi connectivity index (χ0) is 13.6. The lowest BCUT2D eigenvalue weighted by molar-refractivity contribution is -0.137. The standard InChI is InChI=1S/C11H18F2N2O3/c12-11(13)6-8(7-11)3-5-15-10(18)14-4-1-2-9(16)17/h8H,1-7H2,(H,16,17)(H2,14,15,18). The van der Waals surface area contributed by atoms with Crippen molar-refractivity contribution < 1.29 is 23.5 Å². The molecule has 1 aliphatic rings. The Labute approximate surface area is 104 Å². The zero-order valence-electron chi connectivity index (χ0n) is 10.0. The van der Waals surface area contributed by atoms with Gasteiger partial charge >= 0.3 is 12.0 Å². The highest BCUT2D eigenvalue weighted by Gasteiger charge is 2.44. The zero-order valence-corrected chi connectivity index (χ0v) is 10.0. The summed E-state index contributed by atoms with van der Waals surface area (Å²) < 4.78 is 25.0. The van der Waals surface area contributed by atoms with Crippen molar-refractivity contribution in [2.75, 3.05) is 13.1 Å². The number of carboxylic acid groups (broad SMARTS) is 1. The summed E-state index contributed by atoms with van der Waals surface area (Å²) in [6.07, 6.45) is 0.761. The lowest BCUT2D eigenvalue weighted by Gasteiger charge is -2.34. The van der Waals surface area contributed by atoms with E-state index in [1.54, 1.807) is 0 Å². The second-order valence-electron chi connectivity index (χ2n) is 4.60. The Balaban J connectivity index is 1.93. The smallest absolute Gasteiger partial charge is 0.314 e. The number of hydrogen-bond acceptors (Lipinski definition) is 2. The third-order valence-corrected chi connectivity index (χ3v) is 2.87. The number of halogens is 2. The van der Waals surface area contributed by atoms with Gasteiger partial charge in [-0.15, -0.1) is 0 Å². The second kappa shape index (κ2) is 6.51. The molecule has 3 N–H and O–H groups in total. The molecule has 0 aliphatic heterocycles. The van der Waals surface area contributed by atoms with Crippen LogP contribution in [0.2, 0.25) is 0 Å². The molecular formula is C11H18F2N2O3. The predicted octanol–water partition coefficient (Wildman–Crippen LogP) is 1.59. The molecule has 18 heavy (non-hydrogen) atoms. The van der Waals surface area contributed by atoms with E-state index < -0.39 is 11.9 Å². The molecule has 5 nitrogen and oxygen atoms in total. The molecule has 0 aromatic heterocycles. The monoisotopic (exact) mass is 264 g/mol. The van der Waals surface area contributed by atoms with Crippen molar-refractivity contribution in [2.24, 2.45) is 5.92 Å². The first-order chi connectivity index (χ1) is 8.39. The van der Waals surface area contributed by atoms with Crippen molar-refractivity contribution in [3.8, 4) is 0 Å². The predicted molar refractivity (Wildman–Crippen MR) is 60.6 cm³/mol. The number of alkyl halides is 2. The molecule has 0 radical (unpaired) electrons. The van der Waals surface area contributed by atoms with Gasteiger partial charge in [0, 0.05) is 32.4 Å². The van der Waals surface area contributed by atoms with Crippen LogP contribution < -0.4 is 10.6 Å². The van der Waals surface area contributed by atoms with Crippen LogP contribution in [0.3, 0.4) is 0 Å². The first-order valence-corrected chi connectivity index (χ1v) is 6.00. The minimum absolute atomic E-state index is 0.00712. The minimum atomic E-state index is -2.51. The Hall–Kier alpha value is -1.40. The van der Waals surface area contributed by atoms with Gasteiger partial charge in [0.05, 0.1) is 0 Å². The minimum Gasteiger partial charge on any atom is -0.481 e. The Kier molecular flexibility index (Phi) is 5.30. The lowest BCUT2D eigenvalue weighted by atomic mass is 9.79. The van der Waals surface area contributed by atoms with Gasteiger partial charge in [-0.25, -0.2) is 13.6 Å². The molecule has 0 heterocycles. The maximum absolute atomic E-state index is 12.5. The number of urea groups is 1. The van der Waals surface area contributed by atoms with E-state index in [4.69, 9.17) is 5.11 Å². The Bertz CT molecular complexity index is 303. The number of aliphatic carboxylic acids is 1. The second-order valence-corrected chi connectivity index (χ2v) is 4.60. The van der Waals surface area contributed by atoms with Crippen molar-refractivity contribution in [1.29, 1.82) is 0 Å². The van der Waals surface area contributed by atoms with E-state index in [0.29, 0.717) is 25.9 Å². The Morgan fingerprint density at radius 2 is 1.83 bits per heavy atom. The highest BCUT2D eigenvalue weighted by Crippen LogP contribution is 2.43. The van der Waals surface area contributed by atoms with Gasteiger partial charge in [0.2, 0.25) is 5.92 Å². The molecule has 0 atom stereocenters. The number of carboxylic acids is 1. The molecule has 7 heteroatoms. The summed E-state index contributed by atoms with van der Waals surface area (Å²) in [5, 5.41) is 13.4. The van der Waals surface area contributed by atoms with Crippen LogP contribution in [0.15, 0.2) is 0 Å². The van der Waals surface area contributed by atoms with Crippen LogP contribution in [0.4, 0.5) is 13.6 Å². The van der Waals surface area contributed by atoms with Gasteiger partial charge in [-0.1, -0.05) is 0 Å². The van der Waals surface area contributed by atoms with Crippen molar-refractivity contribution in [2.45, 2.75) is 38.0 Å². The number of rotatable bonds is 7. The fourth-order valence-corrected chi connectivity index (χ4v) is 1.88. The first kappa shape index (κ1) is 14.7. The number of hydrogen-bond donors (Lipinski definition) is 3. The van der Waals surface area contributed by atoms with Crippen LogP contribution in [0.5, 0.6) is 0 Å². The van der Waals surface area contributed by atoms with E-state index in [-0.39, 0.29) is 31.2 Å². The number of carbonyl (C=O) groups is 2. The van der Waals surface area contributed by atoms with Gasteiger partial charge in [0.15, 0.2) is 0 Å². The summed E-state index contributed by atoms with van der Waals surface area (Å²) in [6, 6.07) is -0.383. The average Bonchev–Trinajstić information content (AvgIpc) is 2.21. The van der Waals surface area contributed by atoms with Crippen molar-refractivity contribution >= 4 is 12.0 Å². The molecule has 0 aromatic rings. The topological polar surface area (TPSA) is 78.4 Å². The molecule has 2 amide bonds. The fraction of sp³-hybridized carbons (Fsp3) is 0.818. The molecule has 0 spiro atoms.